The zero-order valence-electron chi connectivity index (χ0n) is 15.2. The lowest BCUT2D eigenvalue weighted by Gasteiger charge is -2.36. The van der Waals surface area contributed by atoms with E-state index < -0.39 is 10.0 Å². The molecule has 0 atom stereocenters. The number of benzene rings is 1. The van der Waals surface area contributed by atoms with Gasteiger partial charge in [-0.25, -0.2) is 18.4 Å². The third kappa shape index (κ3) is 6.30. The average Bonchev–Trinajstić information content (AvgIpc) is 2.51. The molecule has 0 unspecified atom stereocenters. The van der Waals surface area contributed by atoms with E-state index in [4.69, 9.17) is 5.14 Å². The van der Waals surface area contributed by atoms with Crippen LogP contribution in [0.15, 0.2) is 29.2 Å². The van der Waals surface area contributed by atoms with Gasteiger partial charge in [-0.05, 0) is 44.9 Å². The highest BCUT2D eigenvalue weighted by Gasteiger charge is 2.23. The van der Waals surface area contributed by atoms with Crippen molar-refractivity contribution in [3.05, 3.63) is 29.8 Å². The van der Waals surface area contributed by atoms with Crippen LogP contribution < -0.4 is 10.5 Å². The van der Waals surface area contributed by atoms with Crippen LogP contribution in [0.5, 0.6) is 0 Å². The molecular formula is C17H28N4O3S. The molecule has 140 valence electrons. The number of carbonyl (C=O) groups is 1. The van der Waals surface area contributed by atoms with Gasteiger partial charge < -0.3 is 10.2 Å². The predicted molar refractivity (Wildman–Crippen MR) is 97.8 cm³/mol. The topological polar surface area (TPSA) is 95.7 Å². The molecule has 1 fully saturated rings. The number of primary sulfonamides is 1. The lowest BCUT2D eigenvalue weighted by atomic mass is 10.1. The van der Waals surface area contributed by atoms with Gasteiger partial charge in [0.15, 0.2) is 0 Å². The fourth-order valence-electron chi connectivity index (χ4n) is 2.71. The van der Waals surface area contributed by atoms with Crippen LogP contribution in [0.3, 0.4) is 0 Å². The molecular weight excluding hydrogens is 340 g/mol. The molecule has 1 heterocycles. The van der Waals surface area contributed by atoms with Crippen molar-refractivity contribution in [2.24, 2.45) is 5.14 Å². The van der Waals surface area contributed by atoms with E-state index in [9.17, 15) is 13.2 Å². The number of rotatable bonds is 4. The van der Waals surface area contributed by atoms with Crippen molar-refractivity contribution in [1.29, 1.82) is 0 Å². The minimum atomic E-state index is -3.64. The summed E-state index contributed by atoms with van der Waals surface area (Å²) < 4.78 is 22.5. The second kappa shape index (κ2) is 7.72. The number of urea groups is 1. The summed E-state index contributed by atoms with van der Waals surface area (Å²) in [6.07, 6.45) is 0.832. The fourth-order valence-corrected chi connectivity index (χ4v) is 3.22. The van der Waals surface area contributed by atoms with Crippen LogP contribution in [0.1, 0.15) is 26.3 Å². The van der Waals surface area contributed by atoms with Gasteiger partial charge in [0.2, 0.25) is 10.0 Å². The summed E-state index contributed by atoms with van der Waals surface area (Å²) >= 11 is 0. The maximum atomic E-state index is 12.1. The van der Waals surface area contributed by atoms with Gasteiger partial charge in [0.1, 0.15) is 0 Å². The molecule has 0 aliphatic carbocycles. The Morgan fingerprint density at radius 3 is 2.16 bits per heavy atom. The van der Waals surface area contributed by atoms with Crippen molar-refractivity contribution in [3.63, 3.8) is 0 Å². The van der Waals surface area contributed by atoms with Crippen LogP contribution in [-0.2, 0) is 16.4 Å². The SMILES string of the molecule is CC(C)(C)NC(=O)N1CCN(CCc2ccc(S(N)(=O)=O)cc2)CC1. The highest BCUT2D eigenvalue weighted by molar-refractivity contribution is 7.89. The highest BCUT2D eigenvalue weighted by atomic mass is 32.2. The number of nitrogens with zero attached hydrogens (tertiary/aromatic N) is 2. The number of hydrogen-bond donors (Lipinski definition) is 2. The number of nitrogens with one attached hydrogen (secondary N) is 1. The quantitative estimate of drug-likeness (QED) is 0.829. The first-order chi connectivity index (χ1) is 11.5. The number of sulfonamides is 1. The van der Waals surface area contributed by atoms with Gasteiger partial charge in [0.05, 0.1) is 4.90 Å². The molecule has 7 nitrogen and oxygen atoms in total. The molecule has 0 radical (unpaired) electrons. The summed E-state index contributed by atoms with van der Waals surface area (Å²) in [6, 6.07) is 6.67. The monoisotopic (exact) mass is 368 g/mol. The molecule has 0 bridgehead atoms. The number of nitrogens with two attached hydrogens (primary N) is 1. The maximum Gasteiger partial charge on any atom is 0.317 e. The number of amides is 2. The van der Waals surface area contributed by atoms with E-state index in [-0.39, 0.29) is 16.5 Å². The Bertz CT molecular complexity index is 688. The van der Waals surface area contributed by atoms with E-state index in [1.54, 1.807) is 24.3 Å². The third-order valence-electron chi connectivity index (χ3n) is 4.11. The molecule has 2 rings (SSSR count). The molecule has 0 saturated carbocycles. The zero-order chi connectivity index (χ0) is 18.7. The van der Waals surface area contributed by atoms with Gasteiger partial charge in [-0.2, -0.15) is 0 Å². The molecule has 25 heavy (non-hydrogen) atoms. The molecule has 3 N–H and O–H groups in total. The molecule has 1 aromatic rings. The van der Waals surface area contributed by atoms with E-state index in [0.29, 0.717) is 13.1 Å². The summed E-state index contributed by atoms with van der Waals surface area (Å²) in [7, 11) is -3.64. The van der Waals surface area contributed by atoms with Crippen molar-refractivity contribution in [2.45, 2.75) is 37.6 Å². The largest absolute Gasteiger partial charge is 0.333 e. The molecule has 1 aliphatic heterocycles. The van der Waals surface area contributed by atoms with E-state index in [2.05, 4.69) is 10.2 Å². The van der Waals surface area contributed by atoms with Crippen LogP contribution in [-0.4, -0.2) is 62.5 Å². The first-order valence-electron chi connectivity index (χ1n) is 8.46. The van der Waals surface area contributed by atoms with E-state index in [1.807, 2.05) is 25.7 Å². The summed E-state index contributed by atoms with van der Waals surface area (Å²) in [5.41, 5.74) is 0.845. The minimum absolute atomic E-state index is 0.00858. The molecule has 2 amide bonds. The van der Waals surface area contributed by atoms with Crippen LogP contribution >= 0.6 is 0 Å². The van der Waals surface area contributed by atoms with Crippen molar-refractivity contribution in [1.82, 2.24) is 15.1 Å². The minimum Gasteiger partial charge on any atom is -0.333 e. The fraction of sp³-hybridized carbons (Fsp3) is 0.588. The lowest BCUT2D eigenvalue weighted by Crippen LogP contribution is -2.55. The van der Waals surface area contributed by atoms with Crippen molar-refractivity contribution in [3.8, 4) is 0 Å². The Hall–Kier alpha value is -1.64. The first-order valence-corrected chi connectivity index (χ1v) is 10.0. The number of hydrogen-bond acceptors (Lipinski definition) is 4. The Balaban J connectivity index is 1.78. The molecule has 0 aromatic heterocycles. The van der Waals surface area contributed by atoms with Gasteiger partial charge in [0, 0.05) is 38.3 Å². The van der Waals surface area contributed by atoms with Crippen LogP contribution in [0.25, 0.3) is 0 Å². The lowest BCUT2D eigenvalue weighted by molar-refractivity contribution is 0.135. The van der Waals surface area contributed by atoms with Gasteiger partial charge in [0.25, 0.3) is 0 Å². The number of piperazine rings is 1. The first kappa shape index (κ1) is 19.7. The van der Waals surface area contributed by atoms with Crippen LogP contribution in [0.2, 0.25) is 0 Å². The van der Waals surface area contributed by atoms with E-state index >= 15 is 0 Å². The van der Waals surface area contributed by atoms with Gasteiger partial charge in [-0.15, -0.1) is 0 Å². The molecule has 1 aliphatic rings. The van der Waals surface area contributed by atoms with E-state index in [0.717, 1.165) is 31.6 Å². The highest BCUT2D eigenvalue weighted by Crippen LogP contribution is 2.11. The summed E-state index contributed by atoms with van der Waals surface area (Å²) in [6.45, 7) is 9.91. The van der Waals surface area contributed by atoms with Crippen molar-refractivity contribution in [2.75, 3.05) is 32.7 Å². The normalized spacial score (nSPS) is 16.7. The van der Waals surface area contributed by atoms with Crippen LogP contribution in [0, 0.1) is 0 Å². The zero-order valence-corrected chi connectivity index (χ0v) is 16.0. The summed E-state index contributed by atoms with van der Waals surface area (Å²) in [4.78, 5) is 16.4. The Morgan fingerprint density at radius 2 is 1.68 bits per heavy atom. The smallest absolute Gasteiger partial charge is 0.317 e. The third-order valence-corrected chi connectivity index (χ3v) is 5.04. The Labute approximate surface area is 150 Å². The van der Waals surface area contributed by atoms with Crippen molar-refractivity contribution >= 4 is 16.1 Å². The molecule has 1 aromatic carbocycles. The van der Waals surface area contributed by atoms with Gasteiger partial charge >= 0.3 is 6.03 Å². The van der Waals surface area contributed by atoms with Crippen molar-refractivity contribution < 1.29 is 13.2 Å². The summed E-state index contributed by atoms with van der Waals surface area (Å²) in [5.74, 6) is 0. The average molecular weight is 369 g/mol. The second-order valence-electron chi connectivity index (χ2n) is 7.45. The van der Waals surface area contributed by atoms with E-state index in [1.165, 1.54) is 0 Å². The molecule has 0 spiro atoms. The molecule has 8 heteroatoms. The standard InChI is InChI=1S/C17H28N4O3S/c1-17(2,3)19-16(22)21-12-10-20(11-13-21)9-8-14-4-6-15(7-5-14)25(18,23)24/h4-7H,8-13H2,1-3H3,(H,19,22)(H2,18,23,24). The number of carbonyl (C=O) groups excluding carboxylic acids is 1. The molecule has 1 saturated heterocycles. The van der Waals surface area contributed by atoms with Crippen LogP contribution in [0.4, 0.5) is 4.79 Å². The van der Waals surface area contributed by atoms with Gasteiger partial charge in [-0.3, -0.25) is 4.90 Å². The Morgan fingerprint density at radius 1 is 1.12 bits per heavy atom. The second-order valence-corrected chi connectivity index (χ2v) is 9.01. The Kier molecular flexibility index (Phi) is 6.08. The predicted octanol–water partition coefficient (Wildman–Crippen LogP) is 1.00. The van der Waals surface area contributed by atoms with Gasteiger partial charge in [-0.1, -0.05) is 12.1 Å². The summed E-state index contributed by atoms with van der Waals surface area (Å²) in [5, 5.41) is 8.09. The maximum absolute atomic E-state index is 12.1.